The average molecular weight is 216 g/mol. The van der Waals surface area contributed by atoms with Crippen LogP contribution in [0.2, 0.25) is 0 Å². The molecular formula is C10H7F3O2. The predicted molar refractivity (Wildman–Crippen MR) is 47.1 cm³/mol. The second-order valence-corrected chi connectivity index (χ2v) is 3.10. The molecule has 0 atom stereocenters. The molecule has 0 unspecified atom stereocenters. The molecule has 0 saturated carbocycles. The topological polar surface area (TPSA) is 33.4 Å². The van der Waals surface area contributed by atoms with Gasteiger partial charge in [0.1, 0.15) is 5.58 Å². The molecule has 0 bridgehead atoms. The molecule has 2 nitrogen and oxygen atoms in total. The monoisotopic (exact) mass is 216 g/mol. The predicted octanol–water partition coefficient (Wildman–Crippen LogP) is 2.94. The molecule has 1 aromatic carbocycles. The van der Waals surface area contributed by atoms with Gasteiger partial charge in [0, 0.05) is 10.9 Å². The van der Waals surface area contributed by atoms with Gasteiger partial charge in [-0.3, -0.25) is 0 Å². The molecule has 0 spiro atoms. The van der Waals surface area contributed by atoms with E-state index in [-0.39, 0.29) is 12.2 Å². The van der Waals surface area contributed by atoms with Crippen LogP contribution in [-0.4, -0.2) is 5.11 Å². The molecule has 2 aromatic rings. The van der Waals surface area contributed by atoms with E-state index < -0.39 is 11.7 Å². The standard InChI is InChI=1S/C10H7F3O2/c11-10(12,13)8-3-1-2-7-6(4-14)5-15-9(7)8/h1-3,5,14H,4H2. The summed E-state index contributed by atoms with van der Waals surface area (Å²) in [6.07, 6.45) is -3.30. The lowest BCUT2D eigenvalue weighted by atomic mass is 10.1. The molecule has 0 amide bonds. The second-order valence-electron chi connectivity index (χ2n) is 3.10. The van der Waals surface area contributed by atoms with Gasteiger partial charge in [0.05, 0.1) is 18.4 Å². The van der Waals surface area contributed by atoms with Crippen LogP contribution in [0, 0.1) is 0 Å². The van der Waals surface area contributed by atoms with Crippen LogP contribution in [0.25, 0.3) is 11.0 Å². The third-order valence-electron chi connectivity index (χ3n) is 2.16. The van der Waals surface area contributed by atoms with Gasteiger partial charge in [-0.1, -0.05) is 12.1 Å². The van der Waals surface area contributed by atoms with Crippen molar-refractivity contribution in [2.75, 3.05) is 0 Å². The maximum atomic E-state index is 12.5. The normalized spacial score (nSPS) is 12.3. The summed E-state index contributed by atoms with van der Waals surface area (Å²) in [5, 5.41) is 9.18. The zero-order valence-corrected chi connectivity index (χ0v) is 7.51. The number of furan rings is 1. The molecule has 1 N–H and O–H groups in total. The van der Waals surface area contributed by atoms with E-state index in [4.69, 9.17) is 9.52 Å². The minimum atomic E-state index is -4.44. The Morgan fingerprint density at radius 2 is 2.00 bits per heavy atom. The molecule has 1 heterocycles. The van der Waals surface area contributed by atoms with Gasteiger partial charge in [0.25, 0.3) is 0 Å². The Balaban J connectivity index is 2.73. The number of rotatable bonds is 1. The number of fused-ring (bicyclic) bond motifs is 1. The second kappa shape index (κ2) is 3.27. The van der Waals surface area contributed by atoms with Crippen LogP contribution in [0.5, 0.6) is 0 Å². The molecule has 5 heteroatoms. The summed E-state index contributed by atoms with van der Waals surface area (Å²) >= 11 is 0. The average Bonchev–Trinajstić information content (AvgIpc) is 2.58. The van der Waals surface area contributed by atoms with Crippen molar-refractivity contribution >= 4 is 11.0 Å². The number of aliphatic hydroxyl groups is 1. The van der Waals surface area contributed by atoms with Crippen LogP contribution in [0.1, 0.15) is 11.1 Å². The molecule has 15 heavy (non-hydrogen) atoms. The number of hydrogen-bond acceptors (Lipinski definition) is 2. The SMILES string of the molecule is OCc1coc2c(C(F)(F)F)cccc12. The molecule has 0 fully saturated rings. The van der Waals surface area contributed by atoms with E-state index in [2.05, 4.69) is 0 Å². The Bertz CT molecular complexity index is 485. The molecule has 0 aliphatic rings. The van der Waals surface area contributed by atoms with Crippen molar-refractivity contribution in [2.24, 2.45) is 0 Å². The van der Waals surface area contributed by atoms with Gasteiger partial charge in [-0.15, -0.1) is 0 Å². The lowest BCUT2D eigenvalue weighted by Crippen LogP contribution is -2.04. The Morgan fingerprint density at radius 3 is 2.60 bits per heavy atom. The minimum absolute atomic E-state index is 0.228. The zero-order chi connectivity index (χ0) is 11.1. The molecule has 80 valence electrons. The van der Waals surface area contributed by atoms with E-state index in [9.17, 15) is 13.2 Å². The van der Waals surface area contributed by atoms with Crippen LogP contribution in [0.4, 0.5) is 13.2 Å². The number of benzene rings is 1. The highest BCUT2D eigenvalue weighted by Gasteiger charge is 2.34. The fourth-order valence-corrected chi connectivity index (χ4v) is 1.46. The van der Waals surface area contributed by atoms with Crippen molar-refractivity contribution in [3.05, 3.63) is 35.6 Å². The third kappa shape index (κ3) is 1.59. The van der Waals surface area contributed by atoms with Crippen LogP contribution in [0.3, 0.4) is 0 Å². The first-order valence-corrected chi connectivity index (χ1v) is 4.21. The highest BCUT2D eigenvalue weighted by Crippen LogP contribution is 2.36. The Morgan fingerprint density at radius 1 is 1.27 bits per heavy atom. The van der Waals surface area contributed by atoms with Crippen molar-refractivity contribution in [1.29, 1.82) is 0 Å². The minimum Gasteiger partial charge on any atom is -0.463 e. The fraction of sp³-hybridized carbons (Fsp3) is 0.200. The molecule has 1 aromatic heterocycles. The first-order valence-electron chi connectivity index (χ1n) is 4.21. The van der Waals surface area contributed by atoms with Crippen LogP contribution >= 0.6 is 0 Å². The first-order chi connectivity index (χ1) is 7.04. The van der Waals surface area contributed by atoms with Gasteiger partial charge in [0.2, 0.25) is 0 Å². The summed E-state index contributed by atoms with van der Waals surface area (Å²) in [6, 6.07) is 3.73. The first kappa shape index (κ1) is 10.0. The summed E-state index contributed by atoms with van der Waals surface area (Å²) < 4.78 is 42.3. The molecule has 0 saturated heterocycles. The zero-order valence-electron chi connectivity index (χ0n) is 7.51. The lowest BCUT2D eigenvalue weighted by molar-refractivity contribution is -0.136. The molecule has 0 aliphatic heterocycles. The van der Waals surface area contributed by atoms with Crippen molar-refractivity contribution in [2.45, 2.75) is 12.8 Å². The van der Waals surface area contributed by atoms with E-state index in [1.807, 2.05) is 0 Å². The maximum absolute atomic E-state index is 12.5. The summed E-state index contributed by atoms with van der Waals surface area (Å²) in [4.78, 5) is 0. The van der Waals surface area contributed by atoms with Gasteiger partial charge in [-0.05, 0) is 6.07 Å². The molecule has 0 radical (unpaired) electrons. The van der Waals surface area contributed by atoms with Gasteiger partial charge in [-0.25, -0.2) is 0 Å². The van der Waals surface area contributed by atoms with Crippen molar-refractivity contribution in [3.8, 4) is 0 Å². The molecule has 2 rings (SSSR count). The van der Waals surface area contributed by atoms with Crippen LogP contribution in [-0.2, 0) is 12.8 Å². The highest BCUT2D eigenvalue weighted by atomic mass is 19.4. The van der Waals surface area contributed by atoms with E-state index in [0.29, 0.717) is 10.9 Å². The number of para-hydroxylation sites is 1. The summed E-state index contributed by atoms with van der Waals surface area (Å²) in [5.74, 6) is 0. The smallest absolute Gasteiger partial charge is 0.420 e. The molecule has 0 aliphatic carbocycles. The van der Waals surface area contributed by atoms with Gasteiger partial charge in [0.15, 0.2) is 0 Å². The largest absolute Gasteiger partial charge is 0.463 e. The summed E-state index contributed by atoms with van der Waals surface area (Å²) in [7, 11) is 0. The Hall–Kier alpha value is -1.49. The third-order valence-corrected chi connectivity index (χ3v) is 2.16. The van der Waals surface area contributed by atoms with Crippen molar-refractivity contribution in [3.63, 3.8) is 0 Å². The van der Waals surface area contributed by atoms with Crippen molar-refractivity contribution in [1.82, 2.24) is 0 Å². The number of aliphatic hydroxyl groups excluding tert-OH is 1. The summed E-state index contributed by atoms with van der Waals surface area (Å²) in [5.41, 5.74) is -0.690. The highest BCUT2D eigenvalue weighted by molar-refractivity contribution is 5.84. The van der Waals surface area contributed by atoms with E-state index in [0.717, 1.165) is 12.3 Å². The summed E-state index contributed by atoms with van der Waals surface area (Å²) in [6.45, 7) is -0.339. The van der Waals surface area contributed by atoms with Crippen LogP contribution < -0.4 is 0 Å². The van der Waals surface area contributed by atoms with Gasteiger partial charge in [-0.2, -0.15) is 13.2 Å². The van der Waals surface area contributed by atoms with Gasteiger partial charge < -0.3 is 9.52 Å². The molecular weight excluding hydrogens is 209 g/mol. The maximum Gasteiger partial charge on any atom is 0.420 e. The number of hydrogen-bond donors (Lipinski definition) is 1. The van der Waals surface area contributed by atoms with E-state index >= 15 is 0 Å². The van der Waals surface area contributed by atoms with Crippen molar-refractivity contribution < 1.29 is 22.7 Å². The van der Waals surface area contributed by atoms with E-state index in [1.165, 1.54) is 12.1 Å². The number of alkyl halides is 3. The fourth-order valence-electron chi connectivity index (χ4n) is 1.46. The lowest BCUT2D eigenvalue weighted by Gasteiger charge is -2.06. The number of halogens is 3. The van der Waals surface area contributed by atoms with E-state index in [1.54, 1.807) is 0 Å². The quantitative estimate of drug-likeness (QED) is 0.794. The Kier molecular flexibility index (Phi) is 2.19. The van der Waals surface area contributed by atoms with Crippen LogP contribution in [0.15, 0.2) is 28.9 Å². The Labute approximate surface area is 82.9 Å². The van der Waals surface area contributed by atoms with Gasteiger partial charge >= 0.3 is 6.18 Å².